The topological polar surface area (TPSA) is 101 Å². The smallest absolute Gasteiger partial charge is 0.346 e. The third-order valence-corrected chi connectivity index (χ3v) is 5.58. The minimum absolute atomic E-state index is 0.0362. The Morgan fingerprint density at radius 1 is 1.42 bits per heavy atom. The van der Waals surface area contributed by atoms with E-state index in [1.165, 1.54) is 7.11 Å². The molecule has 1 atom stereocenters. The number of carbonyl (C=O) groups is 2. The molecule has 0 fully saturated rings. The van der Waals surface area contributed by atoms with Gasteiger partial charge in [-0.1, -0.05) is 31.7 Å². The zero-order chi connectivity index (χ0) is 19.3. The molecule has 0 unspecified atom stereocenters. The lowest BCUT2D eigenvalue weighted by atomic mass is 10.0. The quantitative estimate of drug-likeness (QED) is 0.424. The summed E-state index contributed by atoms with van der Waals surface area (Å²) in [5.74, 6) is -0.535. The van der Waals surface area contributed by atoms with Crippen LogP contribution in [0.15, 0.2) is 27.3 Å². The largest absolute Gasteiger partial charge is 0.465 e. The molecule has 2 heterocycles. The van der Waals surface area contributed by atoms with Gasteiger partial charge in [0.2, 0.25) is 5.91 Å². The van der Waals surface area contributed by atoms with Crippen molar-refractivity contribution in [2.45, 2.75) is 31.8 Å². The van der Waals surface area contributed by atoms with Crippen LogP contribution in [-0.4, -0.2) is 34.7 Å². The van der Waals surface area contributed by atoms with Crippen molar-refractivity contribution in [2.75, 3.05) is 12.9 Å². The van der Waals surface area contributed by atoms with E-state index in [9.17, 15) is 14.4 Å². The van der Waals surface area contributed by atoms with Gasteiger partial charge in [-0.15, -0.1) is 11.3 Å². The van der Waals surface area contributed by atoms with E-state index in [-0.39, 0.29) is 34.2 Å². The minimum Gasteiger partial charge on any atom is -0.465 e. The number of hydrogen-bond acceptors (Lipinski definition) is 7. The molecule has 2 rings (SSSR count). The van der Waals surface area contributed by atoms with Crippen molar-refractivity contribution in [1.82, 2.24) is 15.3 Å². The van der Waals surface area contributed by atoms with Crippen LogP contribution in [0.1, 0.15) is 40.8 Å². The first-order chi connectivity index (χ1) is 12.3. The van der Waals surface area contributed by atoms with Crippen molar-refractivity contribution in [1.29, 1.82) is 0 Å². The number of amides is 1. The SMILES string of the molecule is COC(=O)c1c(SCC(=O)N[C@H](c2cccs2)C(C)C)nc(=O)[nH]c1C. The highest BCUT2D eigenvalue weighted by atomic mass is 32.2. The summed E-state index contributed by atoms with van der Waals surface area (Å²) in [7, 11) is 1.25. The molecule has 2 N–H and O–H groups in total. The molecule has 9 heteroatoms. The van der Waals surface area contributed by atoms with Gasteiger partial charge in [-0.05, 0) is 24.3 Å². The van der Waals surface area contributed by atoms with Crippen molar-refractivity contribution in [2.24, 2.45) is 5.92 Å². The molecule has 0 radical (unpaired) electrons. The molecule has 0 aliphatic heterocycles. The minimum atomic E-state index is -0.604. The Kier molecular flexibility index (Phi) is 6.98. The summed E-state index contributed by atoms with van der Waals surface area (Å²) >= 11 is 2.63. The van der Waals surface area contributed by atoms with Crippen LogP contribution in [0.25, 0.3) is 0 Å². The maximum absolute atomic E-state index is 12.4. The summed E-state index contributed by atoms with van der Waals surface area (Å²) in [6.45, 7) is 5.66. The van der Waals surface area contributed by atoms with Crippen molar-refractivity contribution in [3.05, 3.63) is 44.1 Å². The van der Waals surface area contributed by atoms with Crippen LogP contribution in [0.2, 0.25) is 0 Å². The van der Waals surface area contributed by atoms with E-state index in [0.717, 1.165) is 16.6 Å². The first-order valence-corrected chi connectivity index (χ1v) is 9.84. The maximum Gasteiger partial charge on any atom is 0.346 e. The fraction of sp³-hybridized carbons (Fsp3) is 0.412. The van der Waals surface area contributed by atoms with Gasteiger partial charge in [0.05, 0.1) is 18.9 Å². The van der Waals surface area contributed by atoms with Gasteiger partial charge in [-0.25, -0.2) is 9.59 Å². The summed E-state index contributed by atoms with van der Waals surface area (Å²) in [6, 6.07) is 3.85. The number of aryl methyl sites for hydroxylation is 1. The van der Waals surface area contributed by atoms with Crippen molar-refractivity contribution in [3.63, 3.8) is 0 Å². The van der Waals surface area contributed by atoms with E-state index in [2.05, 4.69) is 15.3 Å². The number of carbonyl (C=O) groups excluding carboxylic acids is 2. The normalized spacial score (nSPS) is 12.0. The molecule has 0 saturated carbocycles. The molecule has 0 saturated heterocycles. The Morgan fingerprint density at radius 3 is 2.73 bits per heavy atom. The Labute approximate surface area is 159 Å². The molecule has 0 aliphatic rings. The van der Waals surface area contributed by atoms with Crippen molar-refractivity contribution in [3.8, 4) is 0 Å². The lowest BCUT2D eigenvalue weighted by molar-refractivity contribution is -0.119. The number of H-pyrrole nitrogens is 1. The number of nitrogens with zero attached hydrogens (tertiary/aromatic N) is 1. The lowest BCUT2D eigenvalue weighted by Gasteiger charge is -2.21. The number of aromatic nitrogens is 2. The number of nitrogens with one attached hydrogen (secondary N) is 2. The number of thioether (sulfide) groups is 1. The molecular formula is C17H21N3O4S2. The van der Waals surface area contributed by atoms with Gasteiger partial charge in [-0.3, -0.25) is 4.79 Å². The molecule has 1 amide bonds. The van der Waals surface area contributed by atoms with E-state index in [4.69, 9.17) is 4.74 Å². The van der Waals surface area contributed by atoms with E-state index >= 15 is 0 Å². The number of ether oxygens (including phenoxy) is 1. The van der Waals surface area contributed by atoms with E-state index in [1.54, 1.807) is 18.3 Å². The van der Waals surface area contributed by atoms with Crippen LogP contribution in [-0.2, 0) is 9.53 Å². The van der Waals surface area contributed by atoms with Gasteiger partial charge in [0, 0.05) is 10.6 Å². The maximum atomic E-state index is 12.4. The van der Waals surface area contributed by atoms with E-state index in [0.29, 0.717) is 5.69 Å². The molecule has 0 spiro atoms. The molecule has 140 valence electrons. The Morgan fingerprint density at radius 2 is 2.15 bits per heavy atom. The zero-order valence-corrected chi connectivity index (χ0v) is 16.6. The van der Waals surface area contributed by atoms with Crippen LogP contribution >= 0.6 is 23.1 Å². The molecule has 26 heavy (non-hydrogen) atoms. The van der Waals surface area contributed by atoms with Crippen molar-refractivity contribution >= 4 is 35.0 Å². The predicted octanol–water partition coefficient (Wildman–Crippen LogP) is 2.53. The lowest BCUT2D eigenvalue weighted by Crippen LogP contribution is -2.32. The molecule has 2 aromatic heterocycles. The second kappa shape index (κ2) is 9.00. The fourth-order valence-electron chi connectivity index (χ4n) is 2.39. The van der Waals surface area contributed by atoms with Gasteiger partial charge in [-0.2, -0.15) is 4.98 Å². The Bertz CT molecular complexity index is 831. The highest BCUT2D eigenvalue weighted by Gasteiger charge is 2.22. The average molecular weight is 396 g/mol. The monoisotopic (exact) mass is 395 g/mol. The number of hydrogen-bond donors (Lipinski definition) is 2. The Hall–Kier alpha value is -2.13. The second-order valence-corrected chi connectivity index (χ2v) is 7.88. The van der Waals surface area contributed by atoms with E-state index in [1.807, 2.05) is 31.4 Å². The number of rotatable bonds is 7. The molecule has 0 bridgehead atoms. The number of esters is 1. The fourth-order valence-corrected chi connectivity index (χ4v) is 4.22. The summed E-state index contributed by atoms with van der Waals surface area (Å²) in [4.78, 5) is 43.3. The predicted molar refractivity (Wildman–Crippen MR) is 102 cm³/mol. The zero-order valence-electron chi connectivity index (χ0n) is 15.0. The van der Waals surface area contributed by atoms with E-state index < -0.39 is 11.7 Å². The van der Waals surface area contributed by atoms with Crippen LogP contribution in [0.3, 0.4) is 0 Å². The van der Waals surface area contributed by atoms with Crippen LogP contribution in [0.4, 0.5) is 0 Å². The van der Waals surface area contributed by atoms with Crippen molar-refractivity contribution < 1.29 is 14.3 Å². The summed E-state index contributed by atoms with van der Waals surface area (Å²) in [5.41, 5.74) is -0.0429. The first kappa shape index (κ1) is 20.2. The van der Waals surface area contributed by atoms with Gasteiger partial charge in [0.25, 0.3) is 0 Å². The van der Waals surface area contributed by atoms with Crippen LogP contribution in [0, 0.1) is 12.8 Å². The van der Waals surface area contributed by atoms with Crippen LogP contribution < -0.4 is 11.0 Å². The molecule has 2 aromatic rings. The third-order valence-electron chi connectivity index (χ3n) is 3.65. The van der Waals surface area contributed by atoms with Crippen LogP contribution in [0.5, 0.6) is 0 Å². The first-order valence-electron chi connectivity index (χ1n) is 7.98. The standard InChI is InChI=1S/C17H21N3O4S2/c1-9(2)14(11-6-5-7-25-11)19-12(21)8-26-15-13(16(22)24-4)10(3)18-17(23)20-15/h5-7,9,14H,8H2,1-4H3,(H,19,21)(H,18,20,23)/t14-/m0/s1. The number of aromatic amines is 1. The van der Waals surface area contributed by atoms with Gasteiger partial charge >= 0.3 is 11.7 Å². The second-order valence-electron chi connectivity index (χ2n) is 5.93. The summed E-state index contributed by atoms with van der Waals surface area (Å²) < 4.78 is 4.74. The molecule has 0 aliphatic carbocycles. The Balaban J connectivity index is 2.12. The summed E-state index contributed by atoms with van der Waals surface area (Å²) in [5, 5.41) is 5.16. The highest BCUT2D eigenvalue weighted by molar-refractivity contribution is 8.00. The molecule has 7 nitrogen and oxygen atoms in total. The third kappa shape index (κ3) is 4.95. The van der Waals surface area contributed by atoms with Gasteiger partial charge in [0.1, 0.15) is 10.6 Å². The number of methoxy groups -OCH3 is 1. The average Bonchev–Trinajstić information content (AvgIpc) is 3.10. The summed E-state index contributed by atoms with van der Waals surface area (Å²) in [6.07, 6.45) is 0. The number of thiophene rings is 1. The van der Waals surface area contributed by atoms with Gasteiger partial charge < -0.3 is 15.0 Å². The van der Waals surface area contributed by atoms with Gasteiger partial charge in [0.15, 0.2) is 0 Å². The molecular weight excluding hydrogens is 374 g/mol. The highest BCUT2D eigenvalue weighted by Crippen LogP contribution is 2.26. The molecule has 0 aromatic carbocycles.